The van der Waals surface area contributed by atoms with Crippen LogP contribution in [0, 0.1) is 0 Å². The topological polar surface area (TPSA) is 78.5 Å². The molecule has 1 aliphatic heterocycles. The van der Waals surface area contributed by atoms with Crippen LogP contribution in [0.5, 0.6) is 0 Å². The van der Waals surface area contributed by atoms with Crippen LogP contribution in [0.3, 0.4) is 0 Å². The summed E-state index contributed by atoms with van der Waals surface area (Å²) in [7, 11) is -2.23. The molecule has 2 aromatic carbocycles. The molecule has 27 heavy (non-hydrogen) atoms. The lowest BCUT2D eigenvalue weighted by molar-refractivity contribution is 0.0950. The highest BCUT2D eigenvalue weighted by Crippen LogP contribution is 2.16. The fourth-order valence-corrected chi connectivity index (χ4v) is 4.04. The Morgan fingerprint density at radius 1 is 1.04 bits per heavy atom. The van der Waals surface area contributed by atoms with Gasteiger partial charge in [-0.25, -0.2) is 13.1 Å². The van der Waals surface area contributed by atoms with Crippen LogP contribution in [0.1, 0.15) is 34.3 Å². The third-order valence-corrected chi connectivity index (χ3v) is 6.24. The van der Waals surface area contributed by atoms with Crippen LogP contribution in [-0.4, -0.2) is 39.4 Å². The summed E-state index contributed by atoms with van der Waals surface area (Å²) in [6, 6.07) is 14.1. The van der Waals surface area contributed by atoms with Crippen LogP contribution in [0.25, 0.3) is 0 Å². The lowest BCUT2D eigenvalue weighted by Gasteiger charge is -2.17. The van der Waals surface area contributed by atoms with E-state index in [0.29, 0.717) is 12.1 Å². The van der Waals surface area contributed by atoms with Crippen LogP contribution < -0.4 is 10.0 Å². The molecule has 0 aromatic heterocycles. The fraction of sp³-hybridized carbons (Fsp3) is 0.350. The summed E-state index contributed by atoms with van der Waals surface area (Å²) < 4.78 is 26.1. The molecule has 3 rings (SSSR count). The molecule has 0 radical (unpaired) electrons. The van der Waals surface area contributed by atoms with Crippen molar-refractivity contribution in [3.63, 3.8) is 0 Å². The summed E-state index contributed by atoms with van der Waals surface area (Å²) in [6.45, 7) is 3.54. The number of rotatable bonds is 7. The molecule has 6 nitrogen and oxygen atoms in total. The Kier molecular flexibility index (Phi) is 6.26. The number of likely N-dealkylation sites (tertiary alicyclic amines) is 1. The first-order valence-corrected chi connectivity index (χ1v) is 10.6. The summed E-state index contributed by atoms with van der Waals surface area (Å²) in [4.78, 5) is 15.0. The SMILES string of the molecule is CNS(=O)(=O)c1cccc(C(=O)NCc2ccccc2CN2CCCC2)c1. The molecule has 1 amide bonds. The van der Waals surface area contributed by atoms with Gasteiger partial charge in [-0.1, -0.05) is 30.3 Å². The van der Waals surface area contributed by atoms with Crippen molar-refractivity contribution in [1.29, 1.82) is 0 Å². The predicted molar refractivity (Wildman–Crippen MR) is 105 cm³/mol. The molecule has 0 bridgehead atoms. The standard InChI is InChI=1S/C20H25N3O3S/c1-21-27(25,26)19-10-6-9-16(13-19)20(24)22-14-17-7-2-3-8-18(17)15-23-11-4-5-12-23/h2-3,6-10,13,21H,4-5,11-12,14-15H2,1H3,(H,22,24). The summed E-state index contributed by atoms with van der Waals surface area (Å²) >= 11 is 0. The summed E-state index contributed by atoms with van der Waals surface area (Å²) in [6.07, 6.45) is 2.48. The van der Waals surface area contributed by atoms with E-state index in [1.807, 2.05) is 18.2 Å². The van der Waals surface area contributed by atoms with Gasteiger partial charge in [0.25, 0.3) is 5.91 Å². The van der Waals surface area contributed by atoms with Gasteiger partial charge in [-0.3, -0.25) is 9.69 Å². The van der Waals surface area contributed by atoms with E-state index >= 15 is 0 Å². The second-order valence-corrected chi connectivity index (χ2v) is 8.56. The molecule has 2 N–H and O–H groups in total. The highest BCUT2D eigenvalue weighted by molar-refractivity contribution is 7.89. The largest absolute Gasteiger partial charge is 0.348 e. The zero-order chi connectivity index (χ0) is 19.3. The van der Waals surface area contributed by atoms with Gasteiger partial charge in [-0.2, -0.15) is 0 Å². The molecule has 7 heteroatoms. The van der Waals surface area contributed by atoms with Crippen LogP contribution >= 0.6 is 0 Å². The zero-order valence-electron chi connectivity index (χ0n) is 15.4. The second-order valence-electron chi connectivity index (χ2n) is 6.67. The summed E-state index contributed by atoms with van der Waals surface area (Å²) in [5, 5.41) is 2.90. The molecular weight excluding hydrogens is 362 g/mol. The molecule has 1 heterocycles. The van der Waals surface area contributed by atoms with Gasteiger partial charge in [0, 0.05) is 18.7 Å². The predicted octanol–water partition coefficient (Wildman–Crippen LogP) is 2.12. The number of nitrogens with one attached hydrogen (secondary N) is 2. The van der Waals surface area contributed by atoms with Crippen molar-refractivity contribution in [1.82, 2.24) is 14.9 Å². The van der Waals surface area contributed by atoms with Crippen LogP contribution in [0.4, 0.5) is 0 Å². The molecule has 144 valence electrons. The van der Waals surface area contributed by atoms with Gasteiger partial charge in [0.2, 0.25) is 10.0 Å². The number of hydrogen-bond donors (Lipinski definition) is 2. The number of carbonyl (C=O) groups is 1. The van der Waals surface area contributed by atoms with E-state index in [-0.39, 0.29) is 10.8 Å². The van der Waals surface area contributed by atoms with E-state index < -0.39 is 10.0 Å². The summed E-state index contributed by atoms with van der Waals surface area (Å²) in [5.41, 5.74) is 2.62. The van der Waals surface area contributed by atoms with Crippen molar-refractivity contribution < 1.29 is 13.2 Å². The Labute approximate surface area is 160 Å². The monoisotopic (exact) mass is 387 g/mol. The van der Waals surface area contributed by atoms with E-state index in [0.717, 1.165) is 25.2 Å². The van der Waals surface area contributed by atoms with Crippen molar-refractivity contribution in [2.45, 2.75) is 30.8 Å². The molecule has 0 saturated carbocycles. The van der Waals surface area contributed by atoms with Crippen LogP contribution in [0.15, 0.2) is 53.4 Å². The quantitative estimate of drug-likeness (QED) is 0.763. The minimum Gasteiger partial charge on any atom is -0.348 e. The molecule has 1 aliphatic rings. The van der Waals surface area contributed by atoms with E-state index in [9.17, 15) is 13.2 Å². The number of sulfonamides is 1. The van der Waals surface area contributed by atoms with E-state index in [2.05, 4.69) is 21.0 Å². The van der Waals surface area contributed by atoms with Gasteiger partial charge < -0.3 is 5.32 Å². The summed E-state index contributed by atoms with van der Waals surface area (Å²) in [5.74, 6) is -0.292. The molecule has 2 aromatic rings. The highest BCUT2D eigenvalue weighted by atomic mass is 32.2. The molecular formula is C20H25N3O3S. The third kappa shape index (κ3) is 4.94. The average Bonchev–Trinajstić information content (AvgIpc) is 3.20. The first-order valence-electron chi connectivity index (χ1n) is 9.10. The van der Waals surface area contributed by atoms with Crippen molar-refractivity contribution in [2.24, 2.45) is 0 Å². The molecule has 0 spiro atoms. The normalized spacial score (nSPS) is 15.0. The fourth-order valence-electron chi connectivity index (χ4n) is 3.27. The molecule has 0 unspecified atom stereocenters. The lowest BCUT2D eigenvalue weighted by Crippen LogP contribution is -2.25. The first-order chi connectivity index (χ1) is 13.0. The number of nitrogens with zero attached hydrogens (tertiary/aromatic N) is 1. The maximum Gasteiger partial charge on any atom is 0.251 e. The Hall–Kier alpha value is -2.22. The minimum atomic E-state index is -3.58. The van der Waals surface area contributed by atoms with E-state index in [4.69, 9.17) is 0 Å². The van der Waals surface area contributed by atoms with Gasteiger partial charge in [0.15, 0.2) is 0 Å². The molecule has 0 atom stereocenters. The maximum absolute atomic E-state index is 12.5. The van der Waals surface area contributed by atoms with Crippen molar-refractivity contribution in [3.05, 3.63) is 65.2 Å². The number of benzene rings is 2. The van der Waals surface area contributed by atoms with E-state index in [1.165, 1.54) is 37.6 Å². The van der Waals surface area contributed by atoms with Gasteiger partial charge in [0.05, 0.1) is 4.90 Å². The smallest absolute Gasteiger partial charge is 0.251 e. The highest BCUT2D eigenvalue weighted by Gasteiger charge is 2.16. The minimum absolute atomic E-state index is 0.0760. The first kappa shape index (κ1) is 19.5. The van der Waals surface area contributed by atoms with Crippen LogP contribution in [-0.2, 0) is 23.1 Å². The maximum atomic E-state index is 12.5. The number of carbonyl (C=O) groups excluding carboxylic acids is 1. The van der Waals surface area contributed by atoms with Gasteiger partial charge >= 0.3 is 0 Å². The Balaban J connectivity index is 1.68. The van der Waals surface area contributed by atoms with E-state index in [1.54, 1.807) is 12.1 Å². The van der Waals surface area contributed by atoms with Gasteiger partial charge in [-0.05, 0) is 62.3 Å². The number of amides is 1. The number of hydrogen-bond acceptors (Lipinski definition) is 4. The average molecular weight is 388 g/mol. The van der Waals surface area contributed by atoms with Crippen molar-refractivity contribution in [3.8, 4) is 0 Å². The van der Waals surface area contributed by atoms with Crippen molar-refractivity contribution >= 4 is 15.9 Å². The molecule has 1 saturated heterocycles. The molecule has 1 fully saturated rings. The van der Waals surface area contributed by atoms with Gasteiger partial charge in [-0.15, -0.1) is 0 Å². The lowest BCUT2D eigenvalue weighted by atomic mass is 10.1. The Morgan fingerprint density at radius 3 is 2.44 bits per heavy atom. The Morgan fingerprint density at radius 2 is 1.74 bits per heavy atom. The van der Waals surface area contributed by atoms with Crippen molar-refractivity contribution in [2.75, 3.05) is 20.1 Å². The third-order valence-electron chi connectivity index (χ3n) is 4.83. The second kappa shape index (κ2) is 8.65. The zero-order valence-corrected chi connectivity index (χ0v) is 16.3. The Bertz CT molecular complexity index is 906. The van der Waals surface area contributed by atoms with Crippen LogP contribution in [0.2, 0.25) is 0 Å². The molecule has 0 aliphatic carbocycles. The van der Waals surface area contributed by atoms with Gasteiger partial charge in [0.1, 0.15) is 0 Å².